The molecule has 6 heteroatoms. The van der Waals surface area contributed by atoms with Gasteiger partial charge in [0.15, 0.2) is 0 Å². The number of hydrogen-bond donors (Lipinski definition) is 1. The third-order valence-corrected chi connectivity index (χ3v) is 5.16. The molecule has 2 aromatic carbocycles. The highest BCUT2D eigenvalue weighted by Crippen LogP contribution is 2.43. The van der Waals surface area contributed by atoms with Gasteiger partial charge in [0, 0.05) is 28.5 Å². The van der Waals surface area contributed by atoms with E-state index in [0.29, 0.717) is 22.2 Å². The molecule has 0 aliphatic carbocycles. The molecule has 2 atom stereocenters. The van der Waals surface area contributed by atoms with Gasteiger partial charge in [-0.1, -0.05) is 11.6 Å². The molecule has 1 aromatic heterocycles. The Kier molecular flexibility index (Phi) is 4.18. The van der Waals surface area contributed by atoms with E-state index < -0.39 is 17.7 Å². The first-order valence-electron chi connectivity index (χ1n) is 8.60. The summed E-state index contributed by atoms with van der Waals surface area (Å²) in [4.78, 5) is 4.49. The Morgan fingerprint density at radius 3 is 2.67 bits per heavy atom. The van der Waals surface area contributed by atoms with Crippen LogP contribution < -0.4 is 4.74 Å². The van der Waals surface area contributed by atoms with Gasteiger partial charge in [-0.05, 0) is 56.3 Å². The minimum Gasteiger partial charge on any atom is -0.485 e. The van der Waals surface area contributed by atoms with Gasteiger partial charge in [0.2, 0.25) is 0 Å². The van der Waals surface area contributed by atoms with Crippen LogP contribution in [0, 0.1) is 11.3 Å². The molecule has 1 aliphatic rings. The fourth-order valence-corrected chi connectivity index (χ4v) is 3.62. The number of ether oxygens (including phenoxy) is 1. The molecule has 27 heavy (non-hydrogen) atoms. The van der Waals surface area contributed by atoms with Crippen LogP contribution in [0.2, 0.25) is 5.02 Å². The Balaban J connectivity index is 1.90. The third-order valence-electron chi connectivity index (χ3n) is 4.91. The molecule has 0 amide bonds. The predicted octanol–water partition coefficient (Wildman–Crippen LogP) is 4.20. The molecule has 5 nitrogen and oxygen atoms in total. The molecule has 2 heterocycles. The minimum absolute atomic E-state index is 0.440. The van der Waals surface area contributed by atoms with Crippen LogP contribution in [0.5, 0.6) is 5.75 Å². The first kappa shape index (κ1) is 17.6. The number of halogens is 1. The van der Waals surface area contributed by atoms with Gasteiger partial charge in [-0.3, -0.25) is 0 Å². The second-order valence-electron chi connectivity index (χ2n) is 7.12. The van der Waals surface area contributed by atoms with Crippen molar-refractivity contribution in [2.75, 3.05) is 0 Å². The summed E-state index contributed by atoms with van der Waals surface area (Å²) in [5.41, 5.74) is 1.36. The van der Waals surface area contributed by atoms with Crippen molar-refractivity contribution in [2.24, 2.45) is 0 Å². The molecule has 3 aromatic rings. The van der Waals surface area contributed by atoms with Crippen molar-refractivity contribution in [2.45, 2.75) is 31.6 Å². The fourth-order valence-electron chi connectivity index (χ4n) is 3.50. The van der Waals surface area contributed by atoms with E-state index in [1.807, 2.05) is 48.9 Å². The van der Waals surface area contributed by atoms with Crippen LogP contribution in [0.1, 0.15) is 31.0 Å². The lowest BCUT2D eigenvalue weighted by Gasteiger charge is -2.43. The molecule has 0 bridgehead atoms. The highest BCUT2D eigenvalue weighted by molar-refractivity contribution is 6.30. The monoisotopic (exact) mass is 379 g/mol. The number of aromatic nitrogens is 2. The van der Waals surface area contributed by atoms with Crippen molar-refractivity contribution in [3.05, 3.63) is 71.0 Å². The van der Waals surface area contributed by atoms with Gasteiger partial charge in [-0.25, -0.2) is 4.98 Å². The van der Waals surface area contributed by atoms with Crippen molar-refractivity contribution >= 4 is 11.6 Å². The number of rotatable bonds is 2. The Labute approximate surface area is 162 Å². The summed E-state index contributed by atoms with van der Waals surface area (Å²) in [6.45, 7) is 3.70. The SMILES string of the molecule is CC1(C)Oc2ccc(C#N)cc2[C@@H](n2ccnc2-c2ccc(Cl)cc2)[C@@H]1O. The molecule has 0 saturated heterocycles. The number of benzene rings is 2. The topological polar surface area (TPSA) is 71.1 Å². The summed E-state index contributed by atoms with van der Waals surface area (Å²) in [7, 11) is 0. The maximum atomic E-state index is 11.1. The molecule has 0 saturated carbocycles. The van der Waals surface area contributed by atoms with Crippen LogP contribution in [-0.4, -0.2) is 26.4 Å². The third kappa shape index (κ3) is 2.97. The Morgan fingerprint density at radius 2 is 1.96 bits per heavy atom. The van der Waals surface area contributed by atoms with E-state index in [9.17, 15) is 10.4 Å². The van der Waals surface area contributed by atoms with Gasteiger partial charge in [0.25, 0.3) is 0 Å². The van der Waals surface area contributed by atoms with Gasteiger partial charge >= 0.3 is 0 Å². The van der Waals surface area contributed by atoms with Crippen LogP contribution in [0.4, 0.5) is 0 Å². The van der Waals surface area contributed by atoms with Crippen LogP contribution in [0.25, 0.3) is 11.4 Å². The van der Waals surface area contributed by atoms with Gasteiger partial charge in [-0.2, -0.15) is 5.26 Å². The van der Waals surface area contributed by atoms with Crippen LogP contribution in [0.3, 0.4) is 0 Å². The summed E-state index contributed by atoms with van der Waals surface area (Å²) >= 11 is 6.01. The number of nitrogens with zero attached hydrogens (tertiary/aromatic N) is 3. The van der Waals surface area contributed by atoms with E-state index in [-0.39, 0.29) is 0 Å². The largest absolute Gasteiger partial charge is 0.485 e. The molecule has 1 N–H and O–H groups in total. The lowest BCUT2D eigenvalue weighted by molar-refractivity contribution is -0.0634. The smallest absolute Gasteiger partial charge is 0.140 e. The lowest BCUT2D eigenvalue weighted by atomic mass is 9.85. The number of imidazole rings is 1. The maximum absolute atomic E-state index is 11.1. The summed E-state index contributed by atoms with van der Waals surface area (Å²) in [6.07, 6.45) is 2.70. The van der Waals surface area contributed by atoms with Gasteiger partial charge < -0.3 is 14.4 Å². The van der Waals surface area contributed by atoms with Gasteiger partial charge in [0.05, 0.1) is 17.7 Å². The molecular formula is C21H18ClN3O2. The standard InChI is InChI=1S/C21H18ClN3O2/c1-21(2)19(26)18(16-11-13(12-23)3-8-17(16)27-21)25-10-9-24-20(25)14-4-6-15(22)7-5-14/h3-11,18-19,26H,1-2H3/t18-,19+/m1/s1. The number of aliphatic hydroxyl groups excluding tert-OH is 1. The van der Waals surface area contributed by atoms with Gasteiger partial charge in [0.1, 0.15) is 23.3 Å². The molecule has 0 spiro atoms. The fraction of sp³-hybridized carbons (Fsp3) is 0.238. The average Bonchev–Trinajstić information content (AvgIpc) is 3.12. The molecule has 4 rings (SSSR count). The zero-order valence-electron chi connectivity index (χ0n) is 14.9. The maximum Gasteiger partial charge on any atom is 0.140 e. The van der Waals surface area contributed by atoms with Crippen LogP contribution in [-0.2, 0) is 0 Å². The van der Waals surface area contributed by atoms with Gasteiger partial charge in [-0.15, -0.1) is 0 Å². The summed E-state index contributed by atoms with van der Waals surface area (Å²) in [5, 5.41) is 21.1. The zero-order chi connectivity index (χ0) is 19.2. The molecule has 1 aliphatic heterocycles. The number of nitriles is 1. The van der Waals surface area contributed by atoms with Crippen LogP contribution in [0.15, 0.2) is 54.9 Å². The molecule has 0 fully saturated rings. The Morgan fingerprint density at radius 1 is 1.22 bits per heavy atom. The second kappa shape index (κ2) is 6.41. The van der Waals surface area contributed by atoms with Crippen molar-refractivity contribution in [1.82, 2.24) is 9.55 Å². The first-order valence-corrected chi connectivity index (χ1v) is 8.98. The summed E-state index contributed by atoms with van der Waals surface area (Å²) < 4.78 is 7.94. The molecule has 0 radical (unpaired) electrons. The van der Waals surface area contributed by atoms with Crippen molar-refractivity contribution in [3.63, 3.8) is 0 Å². The minimum atomic E-state index is -0.834. The number of hydrogen-bond acceptors (Lipinski definition) is 4. The summed E-state index contributed by atoms with van der Waals surface area (Å²) in [5.74, 6) is 1.37. The van der Waals surface area contributed by atoms with E-state index >= 15 is 0 Å². The van der Waals surface area contributed by atoms with E-state index in [1.165, 1.54) is 0 Å². The Bertz CT molecular complexity index is 1030. The highest BCUT2D eigenvalue weighted by atomic mass is 35.5. The molecule has 136 valence electrons. The van der Waals surface area contributed by atoms with Crippen molar-refractivity contribution in [1.29, 1.82) is 5.26 Å². The van der Waals surface area contributed by atoms with E-state index in [1.54, 1.807) is 24.4 Å². The summed E-state index contributed by atoms with van der Waals surface area (Å²) in [6, 6.07) is 14.4. The van der Waals surface area contributed by atoms with Crippen molar-refractivity contribution < 1.29 is 9.84 Å². The van der Waals surface area contributed by atoms with Crippen molar-refractivity contribution in [3.8, 4) is 23.2 Å². The van der Waals surface area contributed by atoms with E-state index in [2.05, 4.69) is 11.1 Å². The average molecular weight is 380 g/mol. The first-order chi connectivity index (χ1) is 12.9. The Hall–Kier alpha value is -2.81. The van der Waals surface area contributed by atoms with Crippen LogP contribution >= 0.6 is 11.6 Å². The molecule has 0 unspecified atom stereocenters. The predicted molar refractivity (Wildman–Crippen MR) is 103 cm³/mol. The number of aliphatic hydroxyl groups is 1. The molecular weight excluding hydrogens is 362 g/mol. The normalized spacial score (nSPS) is 20.4. The zero-order valence-corrected chi connectivity index (χ0v) is 15.7. The quantitative estimate of drug-likeness (QED) is 0.724. The van der Waals surface area contributed by atoms with E-state index in [4.69, 9.17) is 16.3 Å². The van der Waals surface area contributed by atoms with E-state index in [0.717, 1.165) is 11.1 Å². The highest BCUT2D eigenvalue weighted by Gasteiger charge is 2.44. The second-order valence-corrected chi connectivity index (χ2v) is 7.56. The number of fused-ring (bicyclic) bond motifs is 1. The lowest BCUT2D eigenvalue weighted by Crippen LogP contribution is -2.50.